The molecule has 3 aliphatic rings. The van der Waals surface area contributed by atoms with Crippen LogP contribution in [0.3, 0.4) is 0 Å². The van der Waals surface area contributed by atoms with Gasteiger partial charge in [-0.3, -0.25) is 4.79 Å². The summed E-state index contributed by atoms with van der Waals surface area (Å²) in [4.78, 5) is 23.0. The number of anilines is 1. The van der Waals surface area contributed by atoms with Crippen LogP contribution in [0.2, 0.25) is 5.02 Å². The molecule has 1 aliphatic heterocycles. The quantitative estimate of drug-likeness (QED) is 0.349. The first kappa shape index (κ1) is 25.2. The van der Waals surface area contributed by atoms with Gasteiger partial charge in [0.05, 0.1) is 29.6 Å². The number of carbonyl (C=O) groups is 1. The molecule has 1 N–H and O–H groups in total. The molecular formula is C28H36ClFN4O2. The van der Waals surface area contributed by atoms with Gasteiger partial charge >= 0.3 is 0 Å². The van der Waals surface area contributed by atoms with Gasteiger partial charge in [0.15, 0.2) is 0 Å². The van der Waals surface area contributed by atoms with E-state index in [1.54, 1.807) is 18.5 Å². The highest BCUT2D eigenvalue weighted by molar-refractivity contribution is 6.30. The Labute approximate surface area is 218 Å². The maximum Gasteiger partial charge on any atom is 0.254 e. The van der Waals surface area contributed by atoms with Crippen molar-refractivity contribution >= 4 is 23.5 Å². The number of amides is 1. The Bertz CT molecular complexity index is 1020. The van der Waals surface area contributed by atoms with Crippen LogP contribution in [0.5, 0.6) is 5.75 Å². The third-order valence-corrected chi connectivity index (χ3v) is 8.04. The van der Waals surface area contributed by atoms with Gasteiger partial charge in [0.1, 0.15) is 11.6 Å². The summed E-state index contributed by atoms with van der Waals surface area (Å²) in [6.07, 6.45) is 15.2. The predicted molar refractivity (Wildman–Crippen MR) is 139 cm³/mol. The molecule has 1 aromatic heterocycles. The third kappa shape index (κ3) is 7.09. The van der Waals surface area contributed by atoms with Crippen molar-refractivity contribution in [3.63, 3.8) is 0 Å². The highest BCUT2D eigenvalue weighted by atomic mass is 35.5. The molecular weight excluding hydrogens is 479 g/mol. The van der Waals surface area contributed by atoms with Crippen molar-refractivity contribution in [3.05, 3.63) is 47.0 Å². The summed E-state index contributed by atoms with van der Waals surface area (Å²) in [5, 5.41) is 3.40. The van der Waals surface area contributed by atoms with Crippen LogP contribution in [0.4, 0.5) is 10.3 Å². The normalized spacial score (nSPS) is 21.9. The van der Waals surface area contributed by atoms with Gasteiger partial charge in [-0.15, -0.1) is 0 Å². The summed E-state index contributed by atoms with van der Waals surface area (Å²) in [6, 6.07) is 4.76. The van der Waals surface area contributed by atoms with Gasteiger partial charge < -0.3 is 15.0 Å². The summed E-state index contributed by atoms with van der Waals surface area (Å²) in [5.74, 6) is 2.94. The molecule has 1 aromatic carbocycles. The van der Waals surface area contributed by atoms with E-state index in [1.165, 1.54) is 57.1 Å². The van der Waals surface area contributed by atoms with Gasteiger partial charge in [-0.25, -0.2) is 14.4 Å². The summed E-state index contributed by atoms with van der Waals surface area (Å²) < 4.78 is 20.0. The molecule has 6 nitrogen and oxygen atoms in total. The fourth-order valence-electron chi connectivity index (χ4n) is 5.37. The van der Waals surface area contributed by atoms with Crippen LogP contribution in [-0.4, -0.2) is 41.6 Å². The predicted octanol–water partition coefficient (Wildman–Crippen LogP) is 6.04. The van der Waals surface area contributed by atoms with Crippen molar-refractivity contribution < 1.29 is 13.9 Å². The van der Waals surface area contributed by atoms with E-state index in [0.29, 0.717) is 17.4 Å². The topological polar surface area (TPSA) is 67.3 Å². The number of nitrogens with zero attached hydrogens (tertiary/aromatic N) is 3. The molecule has 1 saturated heterocycles. The summed E-state index contributed by atoms with van der Waals surface area (Å²) in [6.45, 7) is 2.64. The number of nitrogens with one attached hydrogen (secondary N) is 1. The third-order valence-electron chi connectivity index (χ3n) is 7.85. The Morgan fingerprint density at radius 2 is 1.78 bits per heavy atom. The first-order valence-corrected chi connectivity index (χ1v) is 13.9. The molecule has 3 fully saturated rings. The second kappa shape index (κ2) is 11.8. The van der Waals surface area contributed by atoms with Crippen molar-refractivity contribution in [1.82, 2.24) is 15.3 Å². The summed E-state index contributed by atoms with van der Waals surface area (Å²) >= 11 is 5.89. The van der Waals surface area contributed by atoms with Crippen molar-refractivity contribution in [1.29, 1.82) is 0 Å². The van der Waals surface area contributed by atoms with Crippen LogP contribution in [0, 0.1) is 23.6 Å². The lowest BCUT2D eigenvalue weighted by atomic mass is 9.91. The Kier molecular flexibility index (Phi) is 8.25. The van der Waals surface area contributed by atoms with Crippen LogP contribution in [0.25, 0.3) is 0 Å². The lowest BCUT2D eigenvalue weighted by molar-refractivity contribution is 0.0947. The maximum atomic E-state index is 14.3. The minimum Gasteiger partial charge on any atom is -0.493 e. The average molecular weight is 515 g/mol. The Balaban J connectivity index is 0.914. The largest absolute Gasteiger partial charge is 0.493 e. The van der Waals surface area contributed by atoms with E-state index in [1.807, 2.05) is 0 Å². The summed E-state index contributed by atoms with van der Waals surface area (Å²) in [5.41, 5.74) is 0.0937. The van der Waals surface area contributed by atoms with Gasteiger partial charge in [0.25, 0.3) is 5.91 Å². The first-order valence-electron chi connectivity index (χ1n) is 13.5. The highest BCUT2D eigenvalue weighted by Gasteiger charge is 2.35. The molecule has 5 rings (SSSR count). The fraction of sp³-hybridized carbons (Fsp3) is 0.607. The Morgan fingerprint density at radius 1 is 1.06 bits per heavy atom. The number of rotatable bonds is 12. The van der Waals surface area contributed by atoms with E-state index >= 15 is 0 Å². The monoisotopic (exact) mass is 514 g/mol. The lowest BCUT2D eigenvalue weighted by Crippen LogP contribution is -2.34. The second-order valence-corrected chi connectivity index (χ2v) is 11.1. The number of halogens is 2. The van der Waals surface area contributed by atoms with E-state index < -0.39 is 5.82 Å². The molecule has 0 radical (unpaired) electrons. The van der Waals surface area contributed by atoms with Crippen LogP contribution in [0.15, 0.2) is 30.6 Å². The van der Waals surface area contributed by atoms with Gasteiger partial charge in [0, 0.05) is 25.2 Å². The average Bonchev–Trinajstić information content (AvgIpc) is 3.81. The van der Waals surface area contributed by atoms with Crippen LogP contribution >= 0.6 is 11.6 Å². The lowest BCUT2D eigenvalue weighted by Gasteiger charge is -2.32. The number of hydrogen-bond acceptors (Lipinski definition) is 5. The second-order valence-electron chi connectivity index (χ2n) is 10.7. The molecule has 1 amide bonds. The zero-order chi connectivity index (χ0) is 24.9. The number of benzene rings is 1. The van der Waals surface area contributed by atoms with Gasteiger partial charge in [-0.2, -0.15) is 0 Å². The molecule has 2 atom stereocenters. The molecule has 2 heterocycles. The molecule has 194 valence electrons. The van der Waals surface area contributed by atoms with Gasteiger partial charge in [0.2, 0.25) is 5.95 Å². The van der Waals surface area contributed by atoms with E-state index in [2.05, 4.69) is 20.2 Å². The number of carbonyl (C=O) groups excluding carboxylic acids is 1. The summed E-state index contributed by atoms with van der Waals surface area (Å²) in [7, 11) is 0. The van der Waals surface area contributed by atoms with Crippen molar-refractivity contribution in [2.24, 2.45) is 17.8 Å². The zero-order valence-electron chi connectivity index (χ0n) is 20.8. The van der Waals surface area contributed by atoms with Crippen molar-refractivity contribution in [2.45, 2.75) is 70.3 Å². The van der Waals surface area contributed by atoms with Crippen molar-refractivity contribution in [2.75, 3.05) is 24.6 Å². The van der Waals surface area contributed by atoms with Crippen molar-refractivity contribution in [3.8, 4) is 5.75 Å². The van der Waals surface area contributed by atoms with E-state index in [9.17, 15) is 9.18 Å². The highest BCUT2D eigenvalue weighted by Crippen LogP contribution is 2.45. The standard InChI is InChI=1S/C28H36ClFN4O2/c29-22-17-31-28(32-18-22)34-12-10-19(11-13-34)3-1-4-20-15-21(20)5-2-14-36-24-8-9-25(26(30)16-24)27(35)33-23-6-7-23/h8-9,16-21,23H,1-7,10-15H2,(H,33,35). The maximum absolute atomic E-state index is 14.3. The van der Waals surface area contributed by atoms with E-state index in [0.717, 1.165) is 56.1 Å². The molecule has 2 saturated carbocycles. The minimum absolute atomic E-state index is 0.0937. The molecule has 36 heavy (non-hydrogen) atoms. The molecule has 2 unspecified atom stereocenters. The number of hydrogen-bond donors (Lipinski definition) is 1. The number of aromatic nitrogens is 2. The first-order chi connectivity index (χ1) is 17.5. The zero-order valence-corrected chi connectivity index (χ0v) is 21.6. The molecule has 2 aliphatic carbocycles. The van der Waals surface area contributed by atoms with E-state index in [4.69, 9.17) is 16.3 Å². The van der Waals surface area contributed by atoms with Crippen LogP contribution in [-0.2, 0) is 0 Å². The molecule has 0 spiro atoms. The molecule has 0 bridgehead atoms. The van der Waals surface area contributed by atoms with E-state index in [-0.39, 0.29) is 17.5 Å². The number of ether oxygens (including phenoxy) is 1. The Hall–Kier alpha value is -2.41. The van der Waals surface area contributed by atoms with Crippen LogP contribution < -0.4 is 15.0 Å². The SMILES string of the molecule is O=C(NC1CC1)c1ccc(OCCCC2CC2CCCC2CCN(c3ncc(Cl)cn3)CC2)cc1F. The Morgan fingerprint density at radius 3 is 2.47 bits per heavy atom. The molecule has 2 aromatic rings. The van der Waals surface area contributed by atoms with Gasteiger partial charge in [-0.1, -0.05) is 30.9 Å². The van der Waals surface area contributed by atoms with Crippen LogP contribution in [0.1, 0.15) is 74.6 Å². The fourth-order valence-corrected chi connectivity index (χ4v) is 5.47. The molecule has 8 heteroatoms. The smallest absolute Gasteiger partial charge is 0.254 e. The van der Waals surface area contributed by atoms with Gasteiger partial charge in [-0.05, 0) is 74.8 Å². The number of piperidine rings is 1. The minimum atomic E-state index is -0.517.